The van der Waals surface area contributed by atoms with Crippen molar-refractivity contribution in [3.8, 4) is 0 Å². The van der Waals surface area contributed by atoms with Crippen LogP contribution in [-0.2, 0) is 0 Å². The summed E-state index contributed by atoms with van der Waals surface area (Å²) in [6.07, 6.45) is 4.05. The SMILES string of the molecule is CC1=C(n2c(N)c(C(N)=O)c3nc(Cl)cnc32)[C@H](Br)[C@H](O)C=C1. The van der Waals surface area contributed by atoms with E-state index in [-0.39, 0.29) is 22.1 Å². The van der Waals surface area contributed by atoms with Crippen molar-refractivity contribution in [2.24, 2.45) is 5.73 Å². The number of aliphatic hydroxyl groups excluding tert-OH is 1. The molecule has 2 heterocycles. The summed E-state index contributed by atoms with van der Waals surface area (Å²) in [7, 11) is 0. The van der Waals surface area contributed by atoms with Crippen LogP contribution in [0.25, 0.3) is 16.9 Å². The number of rotatable bonds is 2. The maximum Gasteiger partial charge on any atom is 0.254 e. The highest BCUT2D eigenvalue weighted by molar-refractivity contribution is 9.09. The second-order valence-electron chi connectivity index (χ2n) is 5.14. The first-order valence-electron chi connectivity index (χ1n) is 6.66. The molecule has 1 aliphatic rings. The average Bonchev–Trinajstić information content (AvgIpc) is 2.75. The van der Waals surface area contributed by atoms with E-state index in [1.807, 2.05) is 6.92 Å². The molecule has 2 aromatic rings. The summed E-state index contributed by atoms with van der Waals surface area (Å²) in [6.45, 7) is 1.87. The molecule has 1 amide bonds. The Hall–Kier alpha value is -1.90. The Morgan fingerprint density at radius 2 is 2.22 bits per heavy atom. The van der Waals surface area contributed by atoms with Crippen LogP contribution in [0.4, 0.5) is 5.82 Å². The van der Waals surface area contributed by atoms with Gasteiger partial charge in [0.1, 0.15) is 22.1 Å². The molecule has 23 heavy (non-hydrogen) atoms. The number of hydrogen-bond donors (Lipinski definition) is 3. The number of hydrogen-bond acceptors (Lipinski definition) is 5. The van der Waals surface area contributed by atoms with Gasteiger partial charge in [0.05, 0.1) is 17.1 Å². The van der Waals surface area contributed by atoms with Crippen LogP contribution in [0.2, 0.25) is 5.15 Å². The Morgan fingerprint density at radius 3 is 2.87 bits per heavy atom. The van der Waals surface area contributed by atoms with Gasteiger partial charge < -0.3 is 16.6 Å². The number of allylic oxidation sites excluding steroid dienone is 2. The van der Waals surface area contributed by atoms with Gasteiger partial charge in [-0.3, -0.25) is 9.36 Å². The van der Waals surface area contributed by atoms with E-state index in [2.05, 4.69) is 25.9 Å². The summed E-state index contributed by atoms with van der Waals surface area (Å²) in [5, 5.41) is 10.2. The molecule has 9 heteroatoms. The number of anilines is 1. The largest absolute Gasteiger partial charge is 0.387 e. The molecule has 0 spiro atoms. The third kappa shape index (κ3) is 2.43. The number of nitrogens with two attached hydrogens (primary N) is 2. The van der Waals surface area contributed by atoms with Gasteiger partial charge in [0.25, 0.3) is 5.91 Å². The number of aliphatic hydroxyl groups is 1. The minimum absolute atomic E-state index is 0.0547. The molecule has 2 aromatic heterocycles. The fraction of sp³-hybridized carbons (Fsp3) is 0.214. The lowest BCUT2D eigenvalue weighted by atomic mass is 10.0. The number of alkyl halides is 1. The number of nitrogen functional groups attached to an aromatic ring is 1. The summed E-state index contributed by atoms with van der Waals surface area (Å²) < 4.78 is 1.57. The zero-order valence-corrected chi connectivity index (χ0v) is 14.3. The molecule has 0 radical (unpaired) electrons. The van der Waals surface area contributed by atoms with Crippen LogP contribution in [0.15, 0.2) is 23.9 Å². The average molecular weight is 399 g/mol. The zero-order valence-electron chi connectivity index (χ0n) is 12.0. The third-order valence-corrected chi connectivity index (χ3v) is 4.82. The van der Waals surface area contributed by atoms with Gasteiger partial charge in [0, 0.05) is 5.70 Å². The molecule has 1 aliphatic carbocycles. The third-order valence-electron chi connectivity index (χ3n) is 3.67. The minimum atomic E-state index is -0.747. The van der Waals surface area contributed by atoms with Crippen molar-refractivity contribution in [1.29, 1.82) is 0 Å². The Balaban J connectivity index is 2.41. The van der Waals surface area contributed by atoms with Crippen molar-refractivity contribution in [3.63, 3.8) is 0 Å². The fourth-order valence-corrected chi connectivity index (χ4v) is 3.51. The predicted octanol–water partition coefficient (Wildman–Crippen LogP) is 1.69. The molecule has 0 unspecified atom stereocenters. The molecule has 3 rings (SSSR count). The molecule has 0 saturated heterocycles. The van der Waals surface area contributed by atoms with Crippen LogP contribution < -0.4 is 11.5 Å². The van der Waals surface area contributed by atoms with Crippen molar-refractivity contribution >= 4 is 56.1 Å². The van der Waals surface area contributed by atoms with Gasteiger partial charge in [-0.2, -0.15) is 0 Å². The smallest absolute Gasteiger partial charge is 0.254 e. The van der Waals surface area contributed by atoms with E-state index < -0.39 is 16.8 Å². The molecule has 7 nitrogen and oxygen atoms in total. The van der Waals surface area contributed by atoms with E-state index in [1.165, 1.54) is 6.20 Å². The summed E-state index contributed by atoms with van der Waals surface area (Å²) in [5.74, 6) is -0.616. The van der Waals surface area contributed by atoms with Gasteiger partial charge in [-0.05, 0) is 12.5 Å². The number of amides is 1. The van der Waals surface area contributed by atoms with Crippen molar-refractivity contribution in [1.82, 2.24) is 14.5 Å². The lowest BCUT2D eigenvalue weighted by Gasteiger charge is -2.25. The van der Waals surface area contributed by atoms with Gasteiger partial charge in [0.2, 0.25) is 0 Å². The Labute approximate surface area is 144 Å². The second-order valence-corrected chi connectivity index (χ2v) is 6.52. The van der Waals surface area contributed by atoms with Crippen molar-refractivity contribution in [2.45, 2.75) is 17.9 Å². The highest BCUT2D eigenvalue weighted by Crippen LogP contribution is 2.37. The maximum absolute atomic E-state index is 11.8. The fourth-order valence-electron chi connectivity index (χ4n) is 2.63. The molecular weight excluding hydrogens is 386 g/mol. The van der Waals surface area contributed by atoms with Crippen LogP contribution in [-0.4, -0.2) is 36.5 Å². The number of fused-ring (bicyclic) bond motifs is 1. The molecule has 120 valence electrons. The molecule has 2 atom stereocenters. The van der Waals surface area contributed by atoms with E-state index in [0.29, 0.717) is 11.3 Å². The van der Waals surface area contributed by atoms with Crippen LogP contribution in [0.1, 0.15) is 17.3 Å². The maximum atomic E-state index is 11.8. The Kier molecular flexibility index (Phi) is 3.91. The van der Waals surface area contributed by atoms with E-state index in [0.717, 1.165) is 5.57 Å². The number of carbonyl (C=O) groups excluding carboxylic acids is 1. The van der Waals surface area contributed by atoms with Gasteiger partial charge in [0.15, 0.2) is 5.65 Å². The molecule has 5 N–H and O–H groups in total. The monoisotopic (exact) mass is 397 g/mol. The van der Waals surface area contributed by atoms with Crippen LogP contribution in [0.3, 0.4) is 0 Å². The van der Waals surface area contributed by atoms with Crippen molar-refractivity contribution in [2.75, 3.05) is 5.73 Å². The number of halogens is 2. The number of nitrogens with zero attached hydrogens (tertiary/aromatic N) is 3. The Bertz CT molecular complexity index is 889. The van der Waals surface area contributed by atoms with Crippen LogP contribution in [0, 0.1) is 0 Å². The van der Waals surface area contributed by atoms with Gasteiger partial charge in [-0.25, -0.2) is 9.97 Å². The summed E-state index contributed by atoms with van der Waals surface area (Å²) in [5.41, 5.74) is 13.7. The van der Waals surface area contributed by atoms with Crippen LogP contribution >= 0.6 is 27.5 Å². The number of primary amides is 1. The quantitative estimate of drug-likeness (QED) is 0.665. The highest BCUT2D eigenvalue weighted by atomic mass is 79.9. The molecule has 0 bridgehead atoms. The van der Waals surface area contributed by atoms with Gasteiger partial charge in [-0.1, -0.05) is 39.7 Å². The summed E-state index contributed by atoms with van der Waals surface area (Å²) in [4.78, 5) is 19.7. The lowest BCUT2D eigenvalue weighted by Crippen LogP contribution is -2.27. The predicted molar refractivity (Wildman–Crippen MR) is 92.2 cm³/mol. The minimum Gasteiger partial charge on any atom is -0.387 e. The van der Waals surface area contributed by atoms with E-state index in [4.69, 9.17) is 23.1 Å². The molecule has 0 aliphatic heterocycles. The van der Waals surface area contributed by atoms with Crippen molar-refractivity contribution in [3.05, 3.63) is 34.6 Å². The summed E-state index contributed by atoms with van der Waals surface area (Å²) >= 11 is 9.33. The van der Waals surface area contributed by atoms with E-state index in [1.54, 1.807) is 16.7 Å². The summed E-state index contributed by atoms with van der Waals surface area (Å²) in [6, 6.07) is 0. The molecule has 0 saturated carbocycles. The van der Waals surface area contributed by atoms with Gasteiger partial charge in [-0.15, -0.1) is 0 Å². The zero-order chi connectivity index (χ0) is 16.9. The first kappa shape index (κ1) is 16.0. The Morgan fingerprint density at radius 1 is 1.52 bits per heavy atom. The molecular formula is C14H13BrClN5O2. The van der Waals surface area contributed by atoms with Crippen LogP contribution in [0.5, 0.6) is 0 Å². The first-order valence-corrected chi connectivity index (χ1v) is 7.96. The standard InChI is InChI=1S/C14H13BrClN5O2/c1-5-2-3-6(22)9(15)11(5)21-12(17)8(13(18)23)10-14(21)19-4-7(16)20-10/h2-4,6,9,22H,17H2,1H3,(H2,18,23)/t6-,9-/m1/s1. The highest BCUT2D eigenvalue weighted by Gasteiger charge is 2.30. The number of carbonyl (C=O) groups is 1. The topological polar surface area (TPSA) is 120 Å². The van der Waals surface area contributed by atoms with E-state index in [9.17, 15) is 9.90 Å². The van der Waals surface area contributed by atoms with Crippen molar-refractivity contribution < 1.29 is 9.90 Å². The van der Waals surface area contributed by atoms with Gasteiger partial charge >= 0.3 is 0 Å². The molecule has 0 aromatic carbocycles. The first-order chi connectivity index (χ1) is 10.8. The number of aromatic nitrogens is 3. The molecule has 0 fully saturated rings. The second kappa shape index (κ2) is 5.63. The normalized spacial score (nSPS) is 21.2. The lowest BCUT2D eigenvalue weighted by molar-refractivity contribution is 0.100. The van der Waals surface area contributed by atoms with E-state index >= 15 is 0 Å².